The minimum atomic E-state index is -0.486. The van der Waals surface area contributed by atoms with Crippen molar-refractivity contribution in [3.63, 3.8) is 0 Å². The zero-order chi connectivity index (χ0) is 19.8. The van der Waals surface area contributed by atoms with E-state index in [2.05, 4.69) is 10.6 Å². The molecule has 0 aliphatic heterocycles. The number of hydrogen-bond acceptors (Lipinski definition) is 4. The molecule has 5 nitrogen and oxygen atoms in total. The lowest BCUT2D eigenvalue weighted by molar-refractivity contribution is -0.112. The maximum atomic E-state index is 12.4. The zero-order valence-electron chi connectivity index (χ0n) is 15.2. The number of rotatable bonds is 6. The highest BCUT2D eigenvalue weighted by Gasteiger charge is 2.14. The molecular weight excluding hydrogens is 348 g/mol. The van der Waals surface area contributed by atoms with Crippen LogP contribution in [-0.4, -0.2) is 5.91 Å². The van der Waals surface area contributed by atoms with Crippen molar-refractivity contribution in [3.8, 4) is 6.07 Å². The second-order valence-electron chi connectivity index (χ2n) is 6.17. The van der Waals surface area contributed by atoms with Gasteiger partial charge in [0, 0.05) is 17.6 Å². The number of nitrogen functional groups attached to an aromatic ring is 1. The smallest absolute Gasteiger partial charge is 0.267 e. The van der Waals surface area contributed by atoms with Crippen LogP contribution in [0.25, 0.3) is 0 Å². The maximum absolute atomic E-state index is 12.4. The van der Waals surface area contributed by atoms with E-state index in [1.165, 1.54) is 6.20 Å². The topological polar surface area (TPSA) is 90.9 Å². The molecule has 0 aliphatic rings. The molecule has 138 valence electrons. The summed E-state index contributed by atoms with van der Waals surface area (Å²) in [6, 6.07) is 28.2. The summed E-state index contributed by atoms with van der Waals surface area (Å²) in [6.45, 7) is 0. The molecule has 0 saturated carbocycles. The lowest BCUT2D eigenvalue weighted by atomic mass is 9.99. The molecule has 0 aromatic heterocycles. The molecule has 3 rings (SSSR count). The first-order valence-electron chi connectivity index (χ1n) is 8.80. The first-order valence-corrected chi connectivity index (χ1v) is 8.80. The van der Waals surface area contributed by atoms with Gasteiger partial charge >= 0.3 is 0 Å². The third-order valence-corrected chi connectivity index (χ3v) is 4.19. The van der Waals surface area contributed by atoms with Crippen LogP contribution in [0.4, 0.5) is 11.4 Å². The molecule has 0 radical (unpaired) electrons. The number of nitrogens with one attached hydrogen (secondary N) is 2. The van der Waals surface area contributed by atoms with Crippen molar-refractivity contribution in [2.75, 3.05) is 11.1 Å². The predicted molar refractivity (Wildman–Crippen MR) is 111 cm³/mol. The van der Waals surface area contributed by atoms with Crippen molar-refractivity contribution in [1.29, 1.82) is 5.26 Å². The van der Waals surface area contributed by atoms with Gasteiger partial charge in [0.25, 0.3) is 5.91 Å². The van der Waals surface area contributed by atoms with Crippen LogP contribution in [0.5, 0.6) is 0 Å². The molecule has 0 unspecified atom stereocenters. The number of nitriles is 1. The molecule has 3 aromatic carbocycles. The van der Waals surface area contributed by atoms with Crippen LogP contribution in [0.15, 0.2) is 96.7 Å². The van der Waals surface area contributed by atoms with E-state index in [9.17, 15) is 10.1 Å². The van der Waals surface area contributed by atoms with Crippen LogP contribution in [0.2, 0.25) is 0 Å². The van der Waals surface area contributed by atoms with Crippen LogP contribution in [0, 0.1) is 11.3 Å². The fraction of sp³-hybridized carbons (Fsp3) is 0.0435. The average molecular weight is 368 g/mol. The van der Waals surface area contributed by atoms with E-state index in [0.29, 0.717) is 11.4 Å². The number of carbonyl (C=O) groups excluding carboxylic acids is 1. The molecule has 4 N–H and O–H groups in total. The number of benzene rings is 3. The lowest BCUT2D eigenvalue weighted by Crippen LogP contribution is -2.21. The SMILES string of the molecule is N#C/C(=C/NC(c1ccccc1)c1ccccc1)C(=O)Nc1ccc(N)cc1. The number of carbonyl (C=O) groups is 1. The van der Waals surface area contributed by atoms with Gasteiger partial charge in [0.15, 0.2) is 0 Å². The van der Waals surface area contributed by atoms with Gasteiger partial charge in [-0.3, -0.25) is 4.79 Å². The summed E-state index contributed by atoms with van der Waals surface area (Å²) in [7, 11) is 0. The van der Waals surface area contributed by atoms with Crippen LogP contribution < -0.4 is 16.4 Å². The first kappa shape index (κ1) is 18.7. The molecule has 0 fully saturated rings. The van der Waals surface area contributed by atoms with Crippen molar-refractivity contribution in [2.24, 2.45) is 0 Å². The van der Waals surface area contributed by atoms with E-state index in [4.69, 9.17) is 5.73 Å². The third kappa shape index (κ3) is 4.77. The minimum Gasteiger partial charge on any atom is -0.399 e. The van der Waals surface area contributed by atoms with Crippen molar-refractivity contribution in [1.82, 2.24) is 5.32 Å². The molecule has 28 heavy (non-hydrogen) atoms. The molecule has 5 heteroatoms. The second kappa shape index (κ2) is 9.06. The highest BCUT2D eigenvalue weighted by molar-refractivity contribution is 6.06. The van der Waals surface area contributed by atoms with Gasteiger partial charge in [-0.15, -0.1) is 0 Å². The van der Waals surface area contributed by atoms with Crippen LogP contribution >= 0.6 is 0 Å². The highest BCUT2D eigenvalue weighted by Crippen LogP contribution is 2.22. The van der Waals surface area contributed by atoms with Crippen molar-refractivity contribution in [3.05, 3.63) is 108 Å². The molecule has 1 amide bonds. The normalized spacial score (nSPS) is 10.9. The number of anilines is 2. The Bertz CT molecular complexity index is 951. The van der Waals surface area contributed by atoms with E-state index in [-0.39, 0.29) is 11.6 Å². The van der Waals surface area contributed by atoms with Gasteiger partial charge < -0.3 is 16.4 Å². The van der Waals surface area contributed by atoms with Gasteiger partial charge in [0.2, 0.25) is 0 Å². The van der Waals surface area contributed by atoms with Crippen molar-refractivity contribution >= 4 is 17.3 Å². The first-order chi connectivity index (χ1) is 13.7. The highest BCUT2D eigenvalue weighted by atomic mass is 16.1. The van der Waals surface area contributed by atoms with Gasteiger partial charge in [0.1, 0.15) is 11.6 Å². The van der Waals surface area contributed by atoms with Gasteiger partial charge in [-0.2, -0.15) is 5.26 Å². The van der Waals surface area contributed by atoms with E-state index in [1.54, 1.807) is 24.3 Å². The fourth-order valence-electron chi connectivity index (χ4n) is 2.76. The summed E-state index contributed by atoms with van der Waals surface area (Å²) in [5, 5.41) is 15.3. The standard InChI is InChI=1S/C23H20N4O/c24-15-19(23(28)27-21-13-11-20(25)12-14-21)16-26-22(17-7-3-1-4-8-17)18-9-5-2-6-10-18/h1-14,16,22,26H,25H2,(H,27,28)/b19-16-. The Kier molecular flexibility index (Phi) is 6.06. The summed E-state index contributed by atoms with van der Waals surface area (Å²) in [5.74, 6) is -0.486. The average Bonchev–Trinajstić information content (AvgIpc) is 2.74. The Labute approximate surface area is 164 Å². The van der Waals surface area contributed by atoms with E-state index in [0.717, 1.165) is 11.1 Å². The summed E-state index contributed by atoms with van der Waals surface area (Å²) < 4.78 is 0. The molecular formula is C23H20N4O. The Hall–Kier alpha value is -4.04. The third-order valence-electron chi connectivity index (χ3n) is 4.19. The minimum absolute atomic E-state index is 0.0197. The van der Waals surface area contributed by atoms with Crippen molar-refractivity contribution in [2.45, 2.75) is 6.04 Å². The number of nitrogens with two attached hydrogens (primary N) is 1. The zero-order valence-corrected chi connectivity index (χ0v) is 15.2. The van der Waals surface area contributed by atoms with E-state index < -0.39 is 5.91 Å². The Morgan fingerprint density at radius 1 is 0.893 bits per heavy atom. The summed E-state index contributed by atoms with van der Waals surface area (Å²) in [4.78, 5) is 12.4. The van der Waals surface area contributed by atoms with Gasteiger partial charge in [-0.1, -0.05) is 60.7 Å². The molecule has 0 aliphatic carbocycles. The largest absolute Gasteiger partial charge is 0.399 e. The molecule has 0 heterocycles. The number of amides is 1. The Balaban J connectivity index is 1.81. The molecule has 0 bridgehead atoms. The summed E-state index contributed by atoms with van der Waals surface area (Å²) in [5.41, 5.74) is 8.86. The summed E-state index contributed by atoms with van der Waals surface area (Å²) in [6.07, 6.45) is 1.46. The van der Waals surface area contributed by atoms with Gasteiger partial charge in [-0.25, -0.2) is 0 Å². The molecule has 3 aromatic rings. The van der Waals surface area contributed by atoms with Crippen LogP contribution in [-0.2, 0) is 4.79 Å². The van der Waals surface area contributed by atoms with Gasteiger partial charge in [0.05, 0.1) is 6.04 Å². The second-order valence-corrected chi connectivity index (χ2v) is 6.17. The monoisotopic (exact) mass is 368 g/mol. The predicted octanol–water partition coefficient (Wildman–Crippen LogP) is 3.99. The van der Waals surface area contributed by atoms with Gasteiger partial charge in [-0.05, 0) is 35.4 Å². The van der Waals surface area contributed by atoms with Crippen molar-refractivity contribution < 1.29 is 4.79 Å². The number of nitrogens with zero attached hydrogens (tertiary/aromatic N) is 1. The quantitative estimate of drug-likeness (QED) is 0.348. The Morgan fingerprint density at radius 2 is 1.43 bits per heavy atom. The van der Waals surface area contributed by atoms with Crippen LogP contribution in [0.3, 0.4) is 0 Å². The van der Waals surface area contributed by atoms with E-state index in [1.807, 2.05) is 66.7 Å². The van der Waals surface area contributed by atoms with E-state index >= 15 is 0 Å². The molecule has 0 spiro atoms. The maximum Gasteiger partial charge on any atom is 0.267 e. The molecule has 0 atom stereocenters. The summed E-state index contributed by atoms with van der Waals surface area (Å²) >= 11 is 0. The molecule has 0 saturated heterocycles. The lowest BCUT2D eigenvalue weighted by Gasteiger charge is -2.19. The fourth-order valence-corrected chi connectivity index (χ4v) is 2.76. The van der Waals surface area contributed by atoms with Crippen LogP contribution in [0.1, 0.15) is 17.2 Å². The number of hydrogen-bond donors (Lipinski definition) is 3. The Morgan fingerprint density at radius 3 is 1.93 bits per heavy atom.